The Labute approximate surface area is 134 Å². The van der Waals surface area contributed by atoms with Crippen molar-refractivity contribution < 1.29 is 9.90 Å². The number of carbonyl (C=O) groups is 1. The Morgan fingerprint density at radius 2 is 2.00 bits per heavy atom. The Balaban J connectivity index is 1.70. The zero-order valence-electron chi connectivity index (χ0n) is 13.1. The van der Waals surface area contributed by atoms with Crippen LogP contribution in [0.4, 0.5) is 0 Å². The second-order valence-electron chi connectivity index (χ2n) is 6.19. The van der Waals surface area contributed by atoms with E-state index in [0.717, 1.165) is 12.0 Å². The minimum atomic E-state index is -0.968. The van der Waals surface area contributed by atoms with Gasteiger partial charge in [0.25, 0.3) is 11.5 Å². The second-order valence-corrected chi connectivity index (χ2v) is 6.19. The van der Waals surface area contributed by atoms with Crippen LogP contribution in [0.5, 0.6) is 0 Å². The summed E-state index contributed by atoms with van der Waals surface area (Å²) in [5, 5.41) is 13.4. The van der Waals surface area contributed by atoms with E-state index in [0.29, 0.717) is 12.8 Å². The fourth-order valence-electron chi connectivity index (χ4n) is 3.05. The van der Waals surface area contributed by atoms with Gasteiger partial charge in [-0.2, -0.15) is 0 Å². The maximum Gasteiger partial charge on any atom is 0.263 e. The number of carbonyl (C=O) groups excluding carboxylic acids is 1. The molecule has 0 saturated heterocycles. The molecule has 1 aliphatic rings. The lowest BCUT2D eigenvalue weighted by Gasteiger charge is -2.33. The molecule has 1 heterocycles. The highest BCUT2D eigenvalue weighted by Gasteiger charge is 2.32. The predicted octanol–water partition coefficient (Wildman–Crippen LogP) is 1.04. The van der Waals surface area contributed by atoms with Crippen LogP contribution in [-0.4, -0.2) is 27.7 Å². The third-order valence-corrected chi connectivity index (χ3v) is 4.44. The summed E-state index contributed by atoms with van der Waals surface area (Å²) in [5.41, 5.74) is 1.15. The number of amides is 1. The average molecular weight is 312 g/mol. The molecule has 3 rings (SSSR count). The Morgan fingerprint density at radius 1 is 1.26 bits per heavy atom. The number of nitrogens with one attached hydrogen (secondary N) is 1. The van der Waals surface area contributed by atoms with E-state index in [2.05, 4.69) is 11.4 Å². The third kappa shape index (κ3) is 3.19. The summed E-state index contributed by atoms with van der Waals surface area (Å²) in [6.07, 6.45) is 3.49. The zero-order chi connectivity index (χ0) is 16.4. The number of nitrogens with zero attached hydrogens (tertiary/aromatic N) is 1. The Kier molecular flexibility index (Phi) is 4.05. The highest BCUT2D eigenvalue weighted by Crippen LogP contribution is 2.28. The van der Waals surface area contributed by atoms with E-state index in [1.807, 2.05) is 18.2 Å². The predicted molar refractivity (Wildman–Crippen MR) is 87.4 cm³/mol. The molecule has 0 saturated carbocycles. The van der Waals surface area contributed by atoms with Gasteiger partial charge in [-0.3, -0.25) is 9.59 Å². The first kappa shape index (κ1) is 15.5. The number of hydrogen-bond acceptors (Lipinski definition) is 3. The molecule has 0 unspecified atom stereocenters. The number of hydrogen-bond donors (Lipinski definition) is 2. The van der Waals surface area contributed by atoms with Crippen LogP contribution in [-0.2, 0) is 19.9 Å². The van der Waals surface area contributed by atoms with Crippen molar-refractivity contribution in [2.24, 2.45) is 7.05 Å². The van der Waals surface area contributed by atoms with Crippen LogP contribution >= 0.6 is 0 Å². The number of aliphatic hydroxyl groups is 1. The first-order valence-corrected chi connectivity index (χ1v) is 7.71. The lowest BCUT2D eigenvalue weighted by Crippen LogP contribution is -2.47. The SMILES string of the molecule is Cn1cccc(C(=O)NC[C@@]2(O)CCc3ccccc3C2)c1=O. The molecule has 2 aromatic rings. The highest BCUT2D eigenvalue weighted by molar-refractivity contribution is 5.93. The molecule has 2 N–H and O–H groups in total. The molecule has 0 aliphatic heterocycles. The molecular formula is C18H20N2O3. The molecule has 5 nitrogen and oxygen atoms in total. The van der Waals surface area contributed by atoms with Crippen LogP contribution in [0.3, 0.4) is 0 Å². The molecule has 0 radical (unpaired) electrons. The lowest BCUT2D eigenvalue weighted by molar-refractivity contribution is 0.0259. The van der Waals surface area contributed by atoms with Gasteiger partial charge in [0.05, 0.1) is 5.60 Å². The van der Waals surface area contributed by atoms with Crippen molar-refractivity contribution in [1.82, 2.24) is 9.88 Å². The van der Waals surface area contributed by atoms with Gasteiger partial charge >= 0.3 is 0 Å². The monoisotopic (exact) mass is 312 g/mol. The molecular weight excluding hydrogens is 292 g/mol. The van der Waals surface area contributed by atoms with Crippen molar-refractivity contribution in [3.63, 3.8) is 0 Å². The molecule has 23 heavy (non-hydrogen) atoms. The Bertz CT molecular complexity index is 797. The minimum absolute atomic E-state index is 0.0924. The topological polar surface area (TPSA) is 71.3 Å². The van der Waals surface area contributed by atoms with Gasteiger partial charge in [0.2, 0.25) is 0 Å². The number of fused-ring (bicyclic) bond motifs is 1. The van der Waals surface area contributed by atoms with Crippen molar-refractivity contribution in [3.8, 4) is 0 Å². The molecule has 1 amide bonds. The standard InChI is InChI=1S/C18H20N2O3/c1-20-10-4-7-15(17(20)22)16(21)19-12-18(23)9-8-13-5-2-3-6-14(13)11-18/h2-7,10,23H,8-9,11-12H2,1H3,(H,19,21)/t18-/m1/s1. The number of rotatable bonds is 3. The van der Waals surface area contributed by atoms with Gasteiger partial charge in [-0.15, -0.1) is 0 Å². The van der Waals surface area contributed by atoms with Crippen molar-refractivity contribution in [2.75, 3.05) is 6.54 Å². The summed E-state index contributed by atoms with van der Waals surface area (Å²) in [6.45, 7) is 0.137. The van der Waals surface area contributed by atoms with Crippen molar-refractivity contribution >= 4 is 5.91 Å². The van der Waals surface area contributed by atoms with E-state index in [1.54, 1.807) is 19.3 Å². The number of benzene rings is 1. The molecule has 0 fully saturated rings. The molecule has 120 valence electrons. The van der Waals surface area contributed by atoms with Crippen LogP contribution in [0.2, 0.25) is 0 Å². The first-order valence-electron chi connectivity index (χ1n) is 7.71. The third-order valence-electron chi connectivity index (χ3n) is 4.44. The number of pyridine rings is 1. The van der Waals surface area contributed by atoms with E-state index in [1.165, 1.54) is 16.2 Å². The van der Waals surface area contributed by atoms with Crippen LogP contribution < -0.4 is 10.9 Å². The minimum Gasteiger partial charge on any atom is -0.388 e. The van der Waals surface area contributed by atoms with Crippen LogP contribution in [0.1, 0.15) is 27.9 Å². The second kappa shape index (κ2) is 6.01. The smallest absolute Gasteiger partial charge is 0.263 e. The lowest BCUT2D eigenvalue weighted by atomic mass is 9.80. The van der Waals surface area contributed by atoms with Gasteiger partial charge in [0.1, 0.15) is 5.56 Å². The Morgan fingerprint density at radius 3 is 2.78 bits per heavy atom. The molecule has 1 atom stereocenters. The highest BCUT2D eigenvalue weighted by atomic mass is 16.3. The Hall–Kier alpha value is -2.40. The summed E-state index contributed by atoms with van der Waals surface area (Å²) in [4.78, 5) is 24.2. The fourth-order valence-corrected chi connectivity index (χ4v) is 3.05. The largest absolute Gasteiger partial charge is 0.388 e. The van der Waals surface area contributed by atoms with Gasteiger partial charge in [-0.25, -0.2) is 0 Å². The summed E-state index contributed by atoms with van der Waals surface area (Å²) < 4.78 is 1.36. The van der Waals surface area contributed by atoms with Gasteiger partial charge in [-0.1, -0.05) is 24.3 Å². The van der Waals surface area contributed by atoms with E-state index < -0.39 is 11.5 Å². The number of aromatic nitrogens is 1. The molecule has 1 aromatic carbocycles. The van der Waals surface area contributed by atoms with Gasteiger partial charge in [-0.05, 0) is 36.1 Å². The van der Waals surface area contributed by atoms with Gasteiger partial charge in [0.15, 0.2) is 0 Å². The maximum absolute atomic E-state index is 12.2. The van der Waals surface area contributed by atoms with Crippen LogP contribution in [0.15, 0.2) is 47.4 Å². The van der Waals surface area contributed by atoms with Gasteiger partial charge in [0, 0.05) is 26.2 Å². The zero-order valence-corrected chi connectivity index (χ0v) is 13.1. The molecule has 1 aliphatic carbocycles. The first-order chi connectivity index (χ1) is 11.0. The van der Waals surface area contributed by atoms with E-state index in [9.17, 15) is 14.7 Å². The normalized spacial score (nSPS) is 19.9. The maximum atomic E-state index is 12.2. The summed E-state index contributed by atoms with van der Waals surface area (Å²) in [6, 6.07) is 11.2. The van der Waals surface area contributed by atoms with Crippen molar-refractivity contribution in [2.45, 2.75) is 24.9 Å². The summed E-state index contributed by atoms with van der Waals surface area (Å²) in [7, 11) is 1.60. The summed E-state index contributed by atoms with van der Waals surface area (Å²) >= 11 is 0. The van der Waals surface area contributed by atoms with E-state index >= 15 is 0 Å². The summed E-state index contributed by atoms with van der Waals surface area (Å²) in [5.74, 6) is -0.446. The average Bonchev–Trinajstić information content (AvgIpc) is 2.55. The van der Waals surface area contributed by atoms with E-state index in [-0.39, 0.29) is 17.7 Å². The molecule has 5 heteroatoms. The van der Waals surface area contributed by atoms with Crippen LogP contribution in [0, 0.1) is 0 Å². The van der Waals surface area contributed by atoms with E-state index in [4.69, 9.17) is 0 Å². The van der Waals surface area contributed by atoms with Gasteiger partial charge < -0.3 is 15.0 Å². The van der Waals surface area contributed by atoms with Crippen LogP contribution in [0.25, 0.3) is 0 Å². The van der Waals surface area contributed by atoms with Crippen molar-refractivity contribution in [1.29, 1.82) is 0 Å². The molecule has 0 bridgehead atoms. The fraction of sp³-hybridized carbons (Fsp3) is 0.333. The molecule has 0 spiro atoms. The molecule has 1 aromatic heterocycles. The van der Waals surface area contributed by atoms with Crippen molar-refractivity contribution in [3.05, 3.63) is 69.6 Å². The quantitative estimate of drug-likeness (QED) is 0.889. The number of aryl methyl sites for hydroxylation is 2.